The number of anilines is 2. The van der Waals surface area contributed by atoms with Gasteiger partial charge in [0.1, 0.15) is 11.8 Å². The van der Waals surface area contributed by atoms with E-state index in [0.29, 0.717) is 5.75 Å². The minimum Gasteiger partial charge on any atom is -0.410 e. The normalized spacial score (nSPS) is 12.6. The Morgan fingerprint density at radius 1 is 0.765 bits per heavy atom. The zero-order valence-corrected chi connectivity index (χ0v) is 30.9. The molecule has 0 bridgehead atoms. The molecule has 0 spiro atoms. The van der Waals surface area contributed by atoms with Gasteiger partial charge in [0.25, 0.3) is 0 Å². The lowest BCUT2D eigenvalue weighted by Gasteiger charge is -2.30. The summed E-state index contributed by atoms with van der Waals surface area (Å²) in [7, 11) is 8.95. The maximum absolute atomic E-state index is 13.7. The number of carbonyl (C=O) groups is 2. The van der Waals surface area contributed by atoms with E-state index in [-0.39, 0.29) is 35.5 Å². The van der Waals surface area contributed by atoms with E-state index in [0.717, 1.165) is 5.06 Å². The zero-order chi connectivity index (χ0) is 38.8. The van der Waals surface area contributed by atoms with E-state index in [9.17, 15) is 18.4 Å². The van der Waals surface area contributed by atoms with Gasteiger partial charge in [-0.2, -0.15) is 10.5 Å². The van der Waals surface area contributed by atoms with Gasteiger partial charge >= 0.3 is 12.1 Å². The molecule has 288 valence electrons. The number of methoxy groups -OCH3 is 4. The van der Waals surface area contributed by atoms with Crippen molar-refractivity contribution in [1.29, 1.82) is 0 Å². The summed E-state index contributed by atoms with van der Waals surface area (Å²) in [6.45, 7) is 8.90. The maximum atomic E-state index is 13.7. The van der Waals surface area contributed by atoms with Gasteiger partial charge in [-0.05, 0) is 53.7 Å². The van der Waals surface area contributed by atoms with Gasteiger partial charge in [-0.25, -0.2) is 18.4 Å². The molecule has 0 aliphatic heterocycles. The number of nitrogens with zero attached hydrogens (tertiary/aromatic N) is 3. The molecule has 0 fully saturated rings. The van der Waals surface area contributed by atoms with Gasteiger partial charge in [0, 0.05) is 40.6 Å². The summed E-state index contributed by atoms with van der Waals surface area (Å²) in [6.07, 6.45) is -1.66. The number of amides is 3. The average Bonchev–Trinajstić information content (AvgIpc) is 3.74. The summed E-state index contributed by atoms with van der Waals surface area (Å²) in [6, 6.07) is 10.0. The Labute approximate surface area is 296 Å². The summed E-state index contributed by atoms with van der Waals surface area (Å²) in [5.41, 5.74) is -0.652. The molecule has 51 heavy (non-hydrogen) atoms. The third-order valence-corrected chi connectivity index (χ3v) is 6.41. The molecule has 2 aromatic heterocycles. The molecule has 0 saturated heterocycles. The molecule has 0 aliphatic rings. The number of nitrogens with one attached hydrogen (secondary N) is 3. The molecule has 2 heterocycles. The number of para-hydroxylation sites is 1. The van der Waals surface area contributed by atoms with Gasteiger partial charge in [-0.15, -0.1) is 0 Å². The van der Waals surface area contributed by atoms with E-state index in [2.05, 4.69) is 31.3 Å². The van der Waals surface area contributed by atoms with Crippen molar-refractivity contribution in [3.05, 3.63) is 54.0 Å². The fraction of sp³-hybridized carbons (Fsp3) is 0.562. The summed E-state index contributed by atoms with van der Waals surface area (Å²) in [5.74, 6) is 0.608. The Balaban J connectivity index is 0.000000409. The van der Waals surface area contributed by atoms with Gasteiger partial charge in [0.05, 0.1) is 20.3 Å². The number of aromatic nitrogens is 2. The molecule has 3 amide bonds. The van der Waals surface area contributed by atoms with Gasteiger partial charge < -0.3 is 37.6 Å². The van der Waals surface area contributed by atoms with Crippen molar-refractivity contribution in [1.82, 2.24) is 20.9 Å². The molecule has 0 aliphatic carbocycles. The molecule has 19 heteroatoms. The Hall–Kier alpha value is -4.24. The molecule has 0 radical (unpaired) electrons. The van der Waals surface area contributed by atoms with Crippen LogP contribution in [0.4, 0.5) is 30.0 Å². The molecule has 2 atom stereocenters. The minimum absolute atomic E-state index is 0.00600. The molecule has 3 N–H and O–H groups in total. The summed E-state index contributed by atoms with van der Waals surface area (Å²) in [4.78, 5) is 33.4. The van der Waals surface area contributed by atoms with Crippen molar-refractivity contribution in [3.8, 4) is 5.75 Å². The van der Waals surface area contributed by atoms with Crippen molar-refractivity contribution in [3.63, 3.8) is 0 Å². The second-order valence-electron chi connectivity index (χ2n) is 11.4. The van der Waals surface area contributed by atoms with E-state index in [4.69, 9.17) is 37.6 Å². The van der Waals surface area contributed by atoms with E-state index in [1.165, 1.54) is 61.2 Å². The van der Waals surface area contributed by atoms with E-state index in [1.807, 2.05) is 6.92 Å². The Kier molecular flexibility index (Phi) is 19.2. The van der Waals surface area contributed by atoms with Crippen molar-refractivity contribution < 1.29 is 60.8 Å². The minimum atomic E-state index is -1.69. The summed E-state index contributed by atoms with van der Waals surface area (Å²) >= 11 is 0. The van der Waals surface area contributed by atoms with Crippen LogP contribution < -0.4 is 20.9 Å². The predicted molar refractivity (Wildman–Crippen MR) is 180 cm³/mol. The molecule has 3 rings (SSSR count). The van der Waals surface area contributed by atoms with Crippen LogP contribution in [-0.4, -0.2) is 94.8 Å². The lowest BCUT2D eigenvalue weighted by molar-refractivity contribution is -0.201. The van der Waals surface area contributed by atoms with E-state index >= 15 is 0 Å². The Bertz CT molecular complexity index is 1410. The SMILES string of the molecule is CC(C)(F)c1cc(NC(=O)Oc2ccccc2)no1.COC(OC)C(C)N(OC)C(=O)Nc1cc(C(C)(C)F)on1.CONC(C)C(OC)OC. The van der Waals surface area contributed by atoms with Gasteiger partial charge in [-0.3, -0.25) is 15.5 Å². The van der Waals surface area contributed by atoms with E-state index in [1.54, 1.807) is 58.6 Å². The van der Waals surface area contributed by atoms with Crippen LogP contribution in [0.3, 0.4) is 0 Å². The van der Waals surface area contributed by atoms with Crippen LogP contribution in [0.2, 0.25) is 0 Å². The topological polar surface area (TPSA) is 190 Å². The monoisotopic (exact) mass is 732 g/mol. The first kappa shape index (κ1) is 44.8. The smallest absolute Gasteiger partial charge is 0.410 e. The number of hydroxylamine groups is 3. The van der Waals surface area contributed by atoms with Crippen molar-refractivity contribution in [2.75, 3.05) is 53.3 Å². The van der Waals surface area contributed by atoms with Gasteiger partial charge in [0.15, 0.2) is 47.1 Å². The fourth-order valence-corrected chi connectivity index (χ4v) is 3.90. The van der Waals surface area contributed by atoms with Gasteiger partial charge in [0.2, 0.25) is 0 Å². The Morgan fingerprint density at radius 2 is 1.24 bits per heavy atom. The second-order valence-corrected chi connectivity index (χ2v) is 11.4. The standard InChI is InChI=1S/C13H22FN3O5.C13H13FN2O3.C6H15NO3/c1-8(11(19-4)20-5)17(21-6)12(18)15-10-7-9(22-16-10)13(2,3)14;1-13(2,14)10-8-11(16-19-10)15-12(17)18-9-6-4-3-5-7-9;1-5(7-10-4)6(8-2)9-3/h7-8,11H,1-6H3,(H,15,16,18);3-8H,1-2H3,(H,15,16,17);5-7H,1-4H3. The van der Waals surface area contributed by atoms with Crippen molar-refractivity contribution in [2.45, 2.75) is 77.5 Å². The lowest BCUT2D eigenvalue weighted by Crippen LogP contribution is -2.47. The zero-order valence-electron chi connectivity index (χ0n) is 30.9. The molecule has 17 nitrogen and oxygen atoms in total. The first-order valence-electron chi connectivity index (χ1n) is 15.4. The van der Waals surface area contributed by atoms with Crippen LogP contribution in [0.5, 0.6) is 5.75 Å². The highest BCUT2D eigenvalue weighted by molar-refractivity contribution is 5.87. The van der Waals surface area contributed by atoms with Crippen LogP contribution in [0.25, 0.3) is 0 Å². The molecule has 2 unspecified atom stereocenters. The third kappa shape index (κ3) is 15.7. The first-order valence-corrected chi connectivity index (χ1v) is 15.4. The highest BCUT2D eigenvalue weighted by Gasteiger charge is 2.30. The Morgan fingerprint density at radius 3 is 1.63 bits per heavy atom. The number of hydrogen-bond acceptors (Lipinski definition) is 14. The summed E-state index contributed by atoms with van der Waals surface area (Å²) < 4.78 is 61.9. The highest BCUT2D eigenvalue weighted by Crippen LogP contribution is 2.27. The molecular formula is C32H50F2N6O11. The number of rotatable bonds is 15. The van der Waals surface area contributed by atoms with Crippen molar-refractivity contribution in [2.24, 2.45) is 0 Å². The average molecular weight is 733 g/mol. The predicted octanol–water partition coefficient (Wildman–Crippen LogP) is 5.92. The van der Waals surface area contributed by atoms with Gasteiger partial charge in [-0.1, -0.05) is 28.5 Å². The number of alkyl halides is 2. The van der Waals surface area contributed by atoms with Crippen LogP contribution in [0, 0.1) is 0 Å². The molecular weight excluding hydrogens is 682 g/mol. The third-order valence-electron chi connectivity index (χ3n) is 6.41. The number of ether oxygens (including phenoxy) is 5. The lowest BCUT2D eigenvalue weighted by atomic mass is 10.1. The van der Waals surface area contributed by atoms with Crippen LogP contribution >= 0.6 is 0 Å². The maximum Gasteiger partial charge on any atom is 0.418 e. The number of urea groups is 1. The van der Waals surface area contributed by atoms with Crippen LogP contribution in [0.15, 0.2) is 51.5 Å². The first-order chi connectivity index (χ1) is 23.9. The quantitative estimate of drug-likeness (QED) is 0.123. The van der Waals surface area contributed by atoms with Crippen LogP contribution in [-0.2, 0) is 40.0 Å². The van der Waals surface area contributed by atoms with Crippen LogP contribution in [0.1, 0.15) is 53.1 Å². The van der Waals surface area contributed by atoms with Crippen molar-refractivity contribution >= 4 is 23.8 Å². The highest BCUT2D eigenvalue weighted by atomic mass is 19.1. The number of carbonyl (C=O) groups excluding carboxylic acids is 2. The summed E-state index contributed by atoms with van der Waals surface area (Å²) in [5, 5.41) is 12.9. The molecule has 1 aromatic carbocycles. The number of benzene rings is 1. The van der Waals surface area contributed by atoms with E-state index < -0.39 is 35.8 Å². The second kappa shape index (κ2) is 21.9. The molecule has 0 saturated carbocycles. The number of hydrogen-bond donors (Lipinski definition) is 3. The largest absolute Gasteiger partial charge is 0.418 e. The fourth-order valence-electron chi connectivity index (χ4n) is 3.90. The molecule has 3 aromatic rings. The number of halogens is 2.